The van der Waals surface area contributed by atoms with E-state index in [2.05, 4.69) is 5.10 Å². The maximum atomic E-state index is 13.8. The summed E-state index contributed by atoms with van der Waals surface area (Å²) in [7, 11) is 0. The monoisotopic (exact) mass is 386 g/mol. The van der Waals surface area contributed by atoms with Crippen LogP contribution in [0.15, 0.2) is 35.3 Å². The minimum Gasteiger partial charge on any atom is -0.444 e. The summed E-state index contributed by atoms with van der Waals surface area (Å²) in [6, 6.07) is 5.86. The van der Waals surface area contributed by atoms with Crippen LogP contribution < -0.4 is 5.56 Å². The van der Waals surface area contributed by atoms with Crippen LogP contribution in [0.5, 0.6) is 0 Å². The van der Waals surface area contributed by atoms with Gasteiger partial charge in [-0.3, -0.25) is 4.79 Å². The lowest BCUT2D eigenvalue weighted by atomic mass is 10.0. The summed E-state index contributed by atoms with van der Waals surface area (Å²) >= 11 is 0. The first-order valence-electron chi connectivity index (χ1n) is 9.40. The van der Waals surface area contributed by atoms with Crippen molar-refractivity contribution in [3.63, 3.8) is 0 Å². The van der Waals surface area contributed by atoms with Gasteiger partial charge in [-0.2, -0.15) is 9.61 Å². The first-order valence-corrected chi connectivity index (χ1v) is 9.40. The average molecular weight is 386 g/mol. The Bertz CT molecular complexity index is 1100. The number of hydrogen-bond donors (Lipinski definition) is 0. The topological polar surface area (TPSA) is 68.8 Å². The zero-order valence-corrected chi connectivity index (χ0v) is 16.2. The lowest BCUT2D eigenvalue weighted by Crippen LogP contribution is -2.42. The van der Waals surface area contributed by atoms with Gasteiger partial charge in [0.05, 0.1) is 5.52 Å². The van der Waals surface area contributed by atoms with Gasteiger partial charge >= 0.3 is 6.09 Å². The third kappa shape index (κ3) is 3.34. The number of nitrogens with zero attached hydrogens (tertiary/aromatic N) is 4. The fraction of sp³-hybridized carbons (Fsp3) is 0.450. The van der Waals surface area contributed by atoms with E-state index in [0.717, 1.165) is 0 Å². The summed E-state index contributed by atoms with van der Waals surface area (Å²) in [5.74, 6) is -0.370. The second-order valence-electron chi connectivity index (χ2n) is 8.16. The van der Waals surface area contributed by atoms with Gasteiger partial charge in [-0.25, -0.2) is 9.18 Å². The Labute approximate surface area is 161 Å². The van der Waals surface area contributed by atoms with E-state index in [4.69, 9.17) is 4.74 Å². The molecule has 148 valence electrons. The number of piperidine rings is 1. The molecule has 0 radical (unpaired) electrons. The van der Waals surface area contributed by atoms with Crippen molar-refractivity contribution in [3.05, 3.63) is 46.6 Å². The van der Waals surface area contributed by atoms with Crippen molar-refractivity contribution in [3.8, 4) is 0 Å². The number of benzene rings is 1. The van der Waals surface area contributed by atoms with Crippen LogP contribution in [-0.2, 0) is 4.74 Å². The third-order valence-electron chi connectivity index (χ3n) is 4.95. The molecule has 7 nitrogen and oxygen atoms in total. The van der Waals surface area contributed by atoms with E-state index in [-0.39, 0.29) is 23.5 Å². The smallest absolute Gasteiger partial charge is 0.410 e. The lowest BCUT2D eigenvalue weighted by molar-refractivity contribution is 0.0189. The van der Waals surface area contributed by atoms with E-state index in [1.54, 1.807) is 17.2 Å². The minimum atomic E-state index is -0.528. The molecular formula is C20H23FN4O3. The third-order valence-corrected chi connectivity index (χ3v) is 4.95. The molecule has 1 aromatic carbocycles. The van der Waals surface area contributed by atoms with Crippen molar-refractivity contribution in [2.45, 2.75) is 45.3 Å². The van der Waals surface area contributed by atoms with Gasteiger partial charge in [0.15, 0.2) is 0 Å². The van der Waals surface area contributed by atoms with Gasteiger partial charge in [0.25, 0.3) is 5.56 Å². The molecule has 0 spiro atoms. The SMILES string of the molecule is CC(C)(C)OC(=O)N1CCC(n2ccc(=O)n3nc4ccc(F)cc4c23)CC1. The molecule has 28 heavy (non-hydrogen) atoms. The van der Waals surface area contributed by atoms with Crippen molar-refractivity contribution in [2.24, 2.45) is 0 Å². The molecule has 0 unspecified atom stereocenters. The summed E-state index contributed by atoms with van der Waals surface area (Å²) < 4.78 is 22.6. The lowest BCUT2D eigenvalue weighted by Gasteiger charge is -2.34. The van der Waals surface area contributed by atoms with E-state index in [0.29, 0.717) is 42.5 Å². The number of fused-ring (bicyclic) bond motifs is 3. The summed E-state index contributed by atoms with van der Waals surface area (Å²) in [4.78, 5) is 26.3. The Hall–Kier alpha value is -2.90. The summed E-state index contributed by atoms with van der Waals surface area (Å²) in [6.45, 7) is 6.65. The maximum Gasteiger partial charge on any atom is 0.410 e. The van der Waals surface area contributed by atoms with Crippen LogP contribution in [0.4, 0.5) is 9.18 Å². The first kappa shape index (κ1) is 18.5. The number of ether oxygens (including phenoxy) is 1. The van der Waals surface area contributed by atoms with Crippen LogP contribution in [-0.4, -0.2) is 43.9 Å². The highest BCUT2D eigenvalue weighted by Crippen LogP contribution is 2.28. The number of carbonyl (C=O) groups is 1. The van der Waals surface area contributed by atoms with Gasteiger partial charge < -0.3 is 14.2 Å². The average Bonchev–Trinajstić information content (AvgIpc) is 3.01. The number of aromatic nitrogens is 3. The second kappa shape index (κ2) is 6.61. The molecule has 0 saturated carbocycles. The van der Waals surface area contributed by atoms with Gasteiger partial charge in [-0.05, 0) is 51.8 Å². The highest BCUT2D eigenvalue weighted by Gasteiger charge is 2.28. The number of hydrogen-bond acceptors (Lipinski definition) is 4. The van der Waals surface area contributed by atoms with Crippen molar-refractivity contribution in [1.29, 1.82) is 0 Å². The molecule has 1 aliphatic heterocycles. The van der Waals surface area contributed by atoms with Crippen LogP contribution in [0.3, 0.4) is 0 Å². The quantitative estimate of drug-likeness (QED) is 0.643. The van der Waals surface area contributed by atoms with Crippen molar-refractivity contribution >= 4 is 22.6 Å². The summed E-state index contributed by atoms with van der Waals surface area (Å²) in [5.41, 5.74) is 0.371. The van der Waals surface area contributed by atoms with Crippen LogP contribution >= 0.6 is 0 Å². The molecular weight excluding hydrogens is 363 g/mol. The van der Waals surface area contributed by atoms with Crippen molar-refractivity contribution in [2.75, 3.05) is 13.1 Å². The van der Waals surface area contributed by atoms with E-state index < -0.39 is 5.60 Å². The Morgan fingerprint density at radius 2 is 1.93 bits per heavy atom. The standard InChI is InChI=1S/C20H23FN4O3/c1-20(2,3)28-19(27)23-9-6-14(7-10-23)24-11-8-17(26)25-18(24)15-12-13(21)4-5-16(15)22-25/h4-5,8,11-12,14H,6-7,9-10H2,1-3H3. The Balaban J connectivity index is 1.65. The maximum absolute atomic E-state index is 13.8. The predicted octanol–water partition coefficient (Wildman–Crippen LogP) is 3.36. The molecule has 0 aliphatic carbocycles. The van der Waals surface area contributed by atoms with Gasteiger partial charge in [0.2, 0.25) is 0 Å². The van der Waals surface area contributed by atoms with Crippen molar-refractivity contribution in [1.82, 2.24) is 19.1 Å². The highest BCUT2D eigenvalue weighted by atomic mass is 19.1. The van der Waals surface area contributed by atoms with E-state index in [9.17, 15) is 14.0 Å². The molecule has 0 atom stereocenters. The zero-order valence-electron chi connectivity index (χ0n) is 16.2. The fourth-order valence-corrected chi connectivity index (χ4v) is 3.68. The number of carbonyl (C=O) groups excluding carboxylic acids is 1. The fourth-order valence-electron chi connectivity index (χ4n) is 3.68. The molecule has 0 N–H and O–H groups in total. The molecule has 1 saturated heterocycles. The number of rotatable bonds is 1. The number of amides is 1. The van der Waals surface area contributed by atoms with E-state index in [1.807, 2.05) is 25.3 Å². The Kier molecular flexibility index (Phi) is 4.36. The van der Waals surface area contributed by atoms with Crippen LogP contribution in [0.25, 0.3) is 16.6 Å². The molecule has 1 aliphatic rings. The summed E-state index contributed by atoms with van der Waals surface area (Å²) in [5, 5.41) is 4.93. The highest BCUT2D eigenvalue weighted by molar-refractivity contribution is 5.92. The second-order valence-corrected chi connectivity index (χ2v) is 8.16. The van der Waals surface area contributed by atoms with E-state index in [1.165, 1.54) is 22.7 Å². The van der Waals surface area contributed by atoms with Crippen LogP contribution in [0.2, 0.25) is 0 Å². The molecule has 1 fully saturated rings. The first-order chi connectivity index (χ1) is 13.2. The Morgan fingerprint density at radius 1 is 1.21 bits per heavy atom. The summed E-state index contributed by atoms with van der Waals surface area (Å²) in [6.07, 6.45) is 2.84. The number of likely N-dealkylation sites (tertiary alicyclic amines) is 1. The predicted molar refractivity (Wildman–Crippen MR) is 103 cm³/mol. The minimum absolute atomic E-state index is 0.0740. The van der Waals surface area contributed by atoms with Crippen LogP contribution in [0, 0.1) is 5.82 Å². The molecule has 4 rings (SSSR count). The molecule has 8 heteroatoms. The van der Waals surface area contributed by atoms with Crippen molar-refractivity contribution < 1.29 is 13.9 Å². The van der Waals surface area contributed by atoms with Gasteiger partial charge in [0, 0.05) is 36.8 Å². The molecule has 3 heterocycles. The van der Waals surface area contributed by atoms with Gasteiger partial charge in [0.1, 0.15) is 17.1 Å². The molecule has 3 aromatic rings. The van der Waals surface area contributed by atoms with Gasteiger partial charge in [-0.15, -0.1) is 0 Å². The number of halogens is 1. The molecule has 1 amide bonds. The largest absolute Gasteiger partial charge is 0.444 e. The normalized spacial score (nSPS) is 16.1. The molecule has 0 bridgehead atoms. The Morgan fingerprint density at radius 3 is 2.61 bits per heavy atom. The van der Waals surface area contributed by atoms with Gasteiger partial charge in [-0.1, -0.05) is 0 Å². The van der Waals surface area contributed by atoms with E-state index >= 15 is 0 Å². The van der Waals surface area contributed by atoms with Crippen LogP contribution in [0.1, 0.15) is 39.7 Å². The molecule has 2 aromatic heterocycles. The zero-order chi connectivity index (χ0) is 20.1.